The van der Waals surface area contributed by atoms with Gasteiger partial charge in [-0.2, -0.15) is 5.20 Å². The van der Waals surface area contributed by atoms with E-state index >= 15 is 0 Å². The van der Waals surface area contributed by atoms with E-state index in [9.17, 15) is 23.7 Å². The van der Waals surface area contributed by atoms with Gasteiger partial charge in [-0.15, -0.1) is 23.5 Å². The monoisotopic (exact) mass is 475 g/mol. The van der Waals surface area contributed by atoms with Crippen LogP contribution in [0.3, 0.4) is 0 Å². The van der Waals surface area contributed by atoms with Crippen molar-refractivity contribution in [3.8, 4) is 0 Å². The Balaban J connectivity index is 3.07. The molecule has 0 saturated heterocycles. The van der Waals surface area contributed by atoms with Crippen LogP contribution < -0.4 is 10.6 Å². The van der Waals surface area contributed by atoms with Crippen molar-refractivity contribution in [3.63, 3.8) is 0 Å². The minimum atomic E-state index is -3.46. The fourth-order valence-electron chi connectivity index (χ4n) is 2.44. The number of hydrazine groups is 1. The molecule has 1 heterocycles. The van der Waals surface area contributed by atoms with Crippen molar-refractivity contribution >= 4 is 54.2 Å². The number of thioether (sulfide) groups is 2. The molecule has 0 saturated carbocycles. The van der Waals surface area contributed by atoms with Gasteiger partial charge in [0.15, 0.2) is 5.78 Å². The average molecular weight is 476 g/mol. The molecule has 1 amide bonds. The molecule has 168 valence electrons. The summed E-state index contributed by atoms with van der Waals surface area (Å²) in [4.78, 5) is 47.9. The molecule has 1 rings (SSSR count). The van der Waals surface area contributed by atoms with Crippen LogP contribution in [0.4, 0.5) is 0 Å². The van der Waals surface area contributed by atoms with Crippen LogP contribution >= 0.6 is 31.0 Å². The molecule has 0 aromatic rings. The van der Waals surface area contributed by atoms with Gasteiger partial charge >= 0.3 is 0 Å². The molecule has 11 heteroatoms. The summed E-state index contributed by atoms with van der Waals surface area (Å²) in [5, 5.41) is 6.58. The first-order chi connectivity index (χ1) is 14.3. The van der Waals surface area contributed by atoms with E-state index in [-0.39, 0.29) is 55.9 Å². The highest BCUT2D eigenvalue weighted by Gasteiger charge is 2.31. The second-order valence-corrected chi connectivity index (χ2v) is 11.3. The molecule has 2 N–H and O–H groups in total. The van der Waals surface area contributed by atoms with Crippen molar-refractivity contribution in [2.45, 2.75) is 46.0 Å². The van der Waals surface area contributed by atoms with Crippen molar-refractivity contribution in [1.29, 1.82) is 0 Å². The number of nitrogens with zero attached hydrogens (tertiary/aromatic N) is 1. The van der Waals surface area contributed by atoms with Crippen molar-refractivity contribution in [1.82, 2.24) is 15.3 Å². The highest BCUT2D eigenvalue weighted by atomic mass is 32.2. The van der Waals surface area contributed by atoms with E-state index in [1.165, 1.54) is 35.7 Å². The lowest BCUT2D eigenvalue weighted by atomic mass is 10.2. The molecule has 0 aromatic heterocycles. The molecule has 1 aliphatic heterocycles. The first kappa shape index (κ1) is 26.8. The van der Waals surface area contributed by atoms with E-state index in [2.05, 4.69) is 10.6 Å². The number of Topliss-reactive ketones (excluding diaryl/α,β-unsaturated/α-hetero) is 2. The van der Waals surface area contributed by atoms with Crippen LogP contribution in [0.1, 0.15) is 46.0 Å². The van der Waals surface area contributed by atoms with Gasteiger partial charge in [-0.05, 0) is 16.9 Å². The molecule has 1 aliphatic rings. The molecule has 0 radical (unpaired) electrons. The number of hydrogen-bond donors (Lipinski definition) is 2. The number of ketones is 3. The molecule has 0 spiro atoms. The first-order valence-electron chi connectivity index (χ1n) is 9.85. The third-order valence-electron chi connectivity index (χ3n) is 4.36. The van der Waals surface area contributed by atoms with Gasteiger partial charge in [0.05, 0.1) is 0 Å². The summed E-state index contributed by atoms with van der Waals surface area (Å²) in [5.74, 6) is -0.630. The van der Waals surface area contributed by atoms with Gasteiger partial charge in [0, 0.05) is 62.5 Å². The maximum atomic E-state index is 13.8. The fraction of sp³-hybridized carbons (Fsp3) is 0.579. The van der Waals surface area contributed by atoms with Crippen LogP contribution in [0.25, 0.3) is 0 Å². The van der Waals surface area contributed by atoms with Crippen LogP contribution in [0, 0.1) is 0 Å². The minimum absolute atomic E-state index is 0.00976. The Kier molecular flexibility index (Phi) is 13.2. The second-order valence-electron chi connectivity index (χ2n) is 6.54. The smallest absolute Gasteiger partial charge is 0.258 e. The zero-order valence-corrected chi connectivity index (χ0v) is 20.0. The van der Waals surface area contributed by atoms with E-state index in [0.29, 0.717) is 17.9 Å². The van der Waals surface area contributed by atoms with Crippen molar-refractivity contribution in [2.24, 2.45) is 0 Å². The predicted molar refractivity (Wildman–Crippen MR) is 123 cm³/mol. The number of hydrogen-bond acceptors (Lipinski definition) is 7. The van der Waals surface area contributed by atoms with Gasteiger partial charge in [-0.3, -0.25) is 29.2 Å². The molecule has 0 aliphatic carbocycles. The summed E-state index contributed by atoms with van der Waals surface area (Å²) in [6, 6.07) is 0. The minimum Gasteiger partial charge on any atom is -0.300 e. The number of rotatable bonds is 9. The van der Waals surface area contributed by atoms with E-state index in [4.69, 9.17) is 0 Å². The van der Waals surface area contributed by atoms with Gasteiger partial charge in [-0.1, -0.05) is 13.8 Å². The molecule has 8 nitrogen and oxygen atoms in total. The lowest BCUT2D eigenvalue weighted by Gasteiger charge is -2.32. The molecular formula is C19H30N3O5PS2. The lowest BCUT2D eigenvalue weighted by Crippen LogP contribution is -2.41. The molecule has 1 unspecified atom stereocenters. The van der Waals surface area contributed by atoms with Gasteiger partial charge in [0.1, 0.15) is 11.6 Å². The second kappa shape index (κ2) is 14.8. The molecule has 0 fully saturated rings. The summed E-state index contributed by atoms with van der Waals surface area (Å²) in [5.41, 5.74) is 2.43. The number of carbonyl (C=O) groups is 4. The number of amides is 1. The third kappa shape index (κ3) is 10.7. The Morgan fingerprint density at radius 3 is 2.17 bits per heavy atom. The van der Waals surface area contributed by atoms with Gasteiger partial charge < -0.3 is 0 Å². The first-order valence-corrected chi connectivity index (χ1v) is 13.8. The average Bonchev–Trinajstić information content (AvgIpc) is 2.74. The largest absolute Gasteiger partial charge is 0.300 e. The van der Waals surface area contributed by atoms with E-state index in [0.717, 1.165) is 0 Å². The number of allylic oxidation sites excluding steroid dienone is 1. The van der Waals surface area contributed by atoms with Gasteiger partial charge in [-0.25, -0.2) is 4.67 Å². The molecule has 0 bridgehead atoms. The van der Waals surface area contributed by atoms with Crippen LogP contribution in [-0.2, 0) is 23.7 Å². The van der Waals surface area contributed by atoms with Crippen LogP contribution in [0.5, 0.6) is 0 Å². The molecule has 1 atom stereocenters. The summed E-state index contributed by atoms with van der Waals surface area (Å²) < 4.78 is 15.3. The Bertz CT molecular complexity index is 673. The fourth-order valence-corrected chi connectivity index (χ4v) is 6.05. The Labute approximate surface area is 186 Å². The van der Waals surface area contributed by atoms with Crippen LogP contribution in [0.2, 0.25) is 0 Å². The molecular weight excluding hydrogens is 445 g/mol. The zero-order valence-electron chi connectivity index (χ0n) is 17.4. The highest BCUT2D eigenvalue weighted by Crippen LogP contribution is 2.45. The molecule has 30 heavy (non-hydrogen) atoms. The van der Waals surface area contributed by atoms with Crippen molar-refractivity contribution < 1.29 is 23.7 Å². The maximum Gasteiger partial charge on any atom is 0.258 e. The SMILES string of the molecule is CCC(=O)CCN(CCC(=O)CC)P1(=O)CCC(=O)C=CSCSC=CC(=O)NN1. The number of carbonyl (C=O) groups excluding carboxylic acids is 4. The van der Waals surface area contributed by atoms with E-state index in [1.807, 2.05) is 0 Å². The quantitative estimate of drug-likeness (QED) is 0.485. The summed E-state index contributed by atoms with van der Waals surface area (Å²) in [6.07, 6.45) is 3.85. The van der Waals surface area contributed by atoms with Crippen LogP contribution in [-0.4, -0.2) is 52.3 Å². The zero-order chi connectivity index (χ0) is 22.4. The van der Waals surface area contributed by atoms with Gasteiger partial charge in [0.25, 0.3) is 5.91 Å². The highest BCUT2D eigenvalue weighted by molar-refractivity contribution is 8.18. The third-order valence-corrected chi connectivity index (χ3v) is 8.71. The summed E-state index contributed by atoms with van der Waals surface area (Å²) >= 11 is 2.82. The maximum absolute atomic E-state index is 13.8. The predicted octanol–water partition coefficient (Wildman–Crippen LogP) is 3.26. The lowest BCUT2D eigenvalue weighted by molar-refractivity contribution is -0.119. The van der Waals surface area contributed by atoms with Crippen molar-refractivity contribution in [2.75, 3.05) is 24.3 Å². The van der Waals surface area contributed by atoms with E-state index in [1.54, 1.807) is 29.3 Å². The Morgan fingerprint density at radius 2 is 1.60 bits per heavy atom. The normalized spacial score (nSPS) is 21.3. The van der Waals surface area contributed by atoms with E-state index < -0.39 is 13.4 Å². The summed E-state index contributed by atoms with van der Waals surface area (Å²) in [7, 11) is -3.46. The summed E-state index contributed by atoms with van der Waals surface area (Å²) in [6.45, 7) is 3.86. The standard InChI is InChI=1S/C19H30N3O5PS2/c1-3-16(23)5-10-22(11-6-17(24)4-2)28(27)12-7-18(25)8-13-29-15-30-14-9-19(26)20-21-28/h8-9,13-14H,3-7,10-12,15H2,1-2H3,(H,20,26)(H,21,27). The molecule has 0 aromatic carbocycles. The van der Waals surface area contributed by atoms with Crippen LogP contribution in [0.15, 0.2) is 23.0 Å². The Hall–Kier alpha value is -1.19. The van der Waals surface area contributed by atoms with Gasteiger partial charge in [0.2, 0.25) is 7.44 Å². The topological polar surface area (TPSA) is 113 Å². The Morgan fingerprint density at radius 1 is 1.03 bits per heavy atom. The number of nitrogens with one attached hydrogen (secondary N) is 2. The van der Waals surface area contributed by atoms with Crippen molar-refractivity contribution in [3.05, 3.63) is 23.0 Å².